The number of nitrogens with one attached hydrogen (secondary N) is 3. The average molecular weight is 528 g/mol. The molecule has 10 heteroatoms. The van der Waals surface area contributed by atoms with Crippen molar-refractivity contribution in [1.29, 1.82) is 0 Å². The first kappa shape index (κ1) is 38.2. The largest absolute Gasteiger partial charge is 0.345 e. The van der Waals surface area contributed by atoms with Gasteiger partial charge in [0.1, 0.15) is 6.04 Å². The lowest BCUT2D eigenvalue weighted by atomic mass is 10.0. The van der Waals surface area contributed by atoms with Crippen LogP contribution in [-0.2, 0) is 14.4 Å². The Labute approximate surface area is 206 Å². The van der Waals surface area contributed by atoms with Crippen LogP contribution in [0.4, 0.5) is 0 Å². The van der Waals surface area contributed by atoms with Crippen LogP contribution in [0.15, 0.2) is 0 Å². The standard InChI is InChI=1S/C20H42N6O3.2CH4.BrH/c1-15(27)16(9-3-6-12-21)25-20(29)18(11-5-8-14-23)26-19(28)17(24-2)10-4-7-13-22;;;/h16-18,24H,3-14,21-23H2,1-2H3,(H,25,29)(H,26,28);2*1H4;1H/t16-,17?,18+;;;/m1.../s1. The lowest BCUT2D eigenvalue weighted by Gasteiger charge is -2.24. The summed E-state index contributed by atoms with van der Waals surface area (Å²) in [4.78, 5) is 37.4. The lowest BCUT2D eigenvalue weighted by Crippen LogP contribution is -2.54. The van der Waals surface area contributed by atoms with E-state index in [1.54, 1.807) is 7.05 Å². The number of halogens is 1. The van der Waals surface area contributed by atoms with Crippen LogP contribution in [0.5, 0.6) is 0 Å². The topological polar surface area (TPSA) is 165 Å². The third-order valence-electron chi connectivity index (χ3n) is 4.95. The zero-order valence-electron chi connectivity index (χ0n) is 18.6. The van der Waals surface area contributed by atoms with Gasteiger partial charge in [-0.3, -0.25) is 14.4 Å². The van der Waals surface area contributed by atoms with Crippen molar-refractivity contribution in [3.63, 3.8) is 0 Å². The number of hydrogen-bond acceptors (Lipinski definition) is 7. The van der Waals surface area contributed by atoms with Crippen molar-refractivity contribution in [3.05, 3.63) is 0 Å². The number of carbonyl (C=O) groups is 3. The molecule has 0 rings (SSSR count). The van der Waals surface area contributed by atoms with Crippen LogP contribution in [0, 0.1) is 0 Å². The van der Waals surface area contributed by atoms with Crippen LogP contribution in [0.25, 0.3) is 0 Å². The van der Waals surface area contributed by atoms with E-state index in [9.17, 15) is 14.4 Å². The predicted octanol–water partition coefficient (Wildman–Crippen LogP) is 1.37. The van der Waals surface area contributed by atoms with E-state index in [0.717, 1.165) is 32.1 Å². The number of ketones is 1. The molecule has 1 unspecified atom stereocenters. The quantitative estimate of drug-likeness (QED) is 0.147. The number of unbranched alkanes of at least 4 members (excludes halogenated alkanes) is 3. The molecule has 0 saturated heterocycles. The molecule has 0 aliphatic carbocycles. The molecule has 0 aromatic heterocycles. The molecule has 0 spiro atoms. The molecule has 0 aromatic rings. The van der Waals surface area contributed by atoms with Gasteiger partial charge in [-0.05, 0) is 85.0 Å². The maximum absolute atomic E-state index is 12.8. The summed E-state index contributed by atoms with van der Waals surface area (Å²) in [6.07, 6.45) is 6.36. The number of nitrogens with two attached hydrogens (primary N) is 3. The molecule has 0 radical (unpaired) electrons. The van der Waals surface area contributed by atoms with Crippen molar-refractivity contribution in [1.82, 2.24) is 16.0 Å². The maximum Gasteiger partial charge on any atom is 0.243 e. The molecule has 0 fully saturated rings. The molecule has 9 nitrogen and oxygen atoms in total. The summed E-state index contributed by atoms with van der Waals surface area (Å²) in [5.74, 6) is -0.655. The van der Waals surface area contributed by atoms with Gasteiger partial charge in [-0.2, -0.15) is 0 Å². The summed E-state index contributed by atoms with van der Waals surface area (Å²) in [5, 5.41) is 8.65. The molecule has 0 aliphatic rings. The SMILES string of the molecule is Br.C.C.CNC(CCCCN)C(=O)N[C@@H](CCCCN)C(=O)N[C@H](CCCCN)C(C)=O. The van der Waals surface area contributed by atoms with Crippen LogP contribution in [-0.4, -0.2) is 62.4 Å². The zero-order valence-corrected chi connectivity index (χ0v) is 20.3. The van der Waals surface area contributed by atoms with Gasteiger partial charge in [-0.15, -0.1) is 17.0 Å². The minimum absolute atomic E-state index is 0. The third-order valence-corrected chi connectivity index (χ3v) is 4.95. The Bertz CT molecular complexity index is 483. The Kier molecular flexibility index (Phi) is 29.3. The number of rotatable bonds is 18. The highest BCUT2D eigenvalue weighted by atomic mass is 79.9. The highest BCUT2D eigenvalue weighted by Crippen LogP contribution is 2.07. The summed E-state index contributed by atoms with van der Waals surface area (Å²) >= 11 is 0. The number of Topliss-reactive ketones (excluding diaryl/α,β-unsaturated/α-hetero) is 1. The summed E-state index contributed by atoms with van der Waals surface area (Å²) in [6, 6.07) is -1.65. The smallest absolute Gasteiger partial charge is 0.243 e. The van der Waals surface area contributed by atoms with E-state index < -0.39 is 12.1 Å². The monoisotopic (exact) mass is 526 g/mol. The first-order valence-electron chi connectivity index (χ1n) is 10.8. The van der Waals surface area contributed by atoms with E-state index in [4.69, 9.17) is 17.2 Å². The minimum Gasteiger partial charge on any atom is -0.345 e. The molecule has 0 bridgehead atoms. The fourth-order valence-corrected chi connectivity index (χ4v) is 3.08. The fraction of sp³-hybridized carbons (Fsp3) is 0.864. The number of amides is 2. The van der Waals surface area contributed by atoms with Gasteiger partial charge in [0, 0.05) is 0 Å². The van der Waals surface area contributed by atoms with E-state index in [0.29, 0.717) is 45.3 Å². The highest BCUT2D eigenvalue weighted by molar-refractivity contribution is 8.93. The number of likely N-dealkylation sites (N-methyl/N-ethyl adjacent to an activating group) is 1. The van der Waals surface area contributed by atoms with Crippen LogP contribution < -0.4 is 33.2 Å². The second-order valence-electron chi connectivity index (χ2n) is 7.43. The highest BCUT2D eigenvalue weighted by Gasteiger charge is 2.27. The molecule has 0 aromatic carbocycles. The van der Waals surface area contributed by atoms with Gasteiger partial charge in [0.2, 0.25) is 11.8 Å². The number of hydrogen-bond donors (Lipinski definition) is 6. The molecule has 2 amide bonds. The average Bonchev–Trinajstić information content (AvgIpc) is 2.69. The molecule has 194 valence electrons. The van der Waals surface area contributed by atoms with Crippen molar-refractivity contribution in [3.8, 4) is 0 Å². The summed E-state index contributed by atoms with van der Waals surface area (Å²) < 4.78 is 0. The molecule has 0 saturated carbocycles. The van der Waals surface area contributed by atoms with Crippen molar-refractivity contribution in [2.45, 2.75) is 97.7 Å². The van der Waals surface area contributed by atoms with Gasteiger partial charge in [0.25, 0.3) is 0 Å². The normalized spacial score (nSPS) is 12.8. The Hall–Kier alpha value is -1.07. The van der Waals surface area contributed by atoms with Gasteiger partial charge < -0.3 is 33.2 Å². The van der Waals surface area contributed by atoms with Gasteiger partial charge in [-0.1, -0.05) is 21.3 Å². The molecule has 3 atom stereocenters. The van der Waals surface area contributed by atoms with Crippen LogP contribution in [0.3, 0.4) is 0 Å². The summed E-state index contributed by atoms with van der Waals surface area (Å²) in [6.45, 7) is 3.12. The minimum atomic E-state index is -0.698. The lowest BCUT2D eigenvalue weighted by molar-refractivity contribution is -0.132. The van der Waals surface area contributed by atoms with Crippen molar-refractivity contribution in [2.24, 2.45) is 17.2 Å². The van der Waals surface area contributed by atoms with E-state index in [-0.39, 0.29) is 55.5 Å². The van der Waals surface area contributed by atoms with Crippen LogP contribution in [0.2, 0.25) is 0 Å². The van der Waals surface area contributed by atoms with Crippen LogP contribution >= 0.6 is 17.0 Å². The van der Waals surface area contributed by atoms with Crippen molar-refractivity contribution >= 4 is 34.6 Å². The third kappa shape index (κ3) is 17.5. The molecule has 9 N–H and O–H groups in total. The molecular formula is C22H51BrN6O3. The van der Waals surface area contributed by atoms with Gasteiger partial charge in [0.15, 0.2) is 5.78 Å². The second kappa shape index (κ2) is 24.6. The van der Waals surface area contributed by atoms with Crippen LogP contribution in [0.1, 0.15) is 79.6 Å². The molecular weight excluding hydrogens is 476 g/mol. The first-order chi connectivity index (χ1) is 13.9. The van der Waals surface area contributed by atoms with E-state index in [1.165, 1.54) is 6.92 Å². The fourth-order valence-electron chi connectivity index (χ4n) is 3.08. The Morgan fingerprint density at radius 2 is 1.00 bits per heavy atom. The molecule has 32 heavy (non-hydrogen) atoms. The van der Waals surface area contributed by atoms with Crippen molar-refractivity contribution < 1.29 is 14.4 Å². The first-order valence-corrected chi connectivity index (χ1v) is 10.8. The Morgan fingerprint density at radius 3 is 1.38 bits per heavy atom. The number of carbonyl (C=O) groups excluding carboxylic acids is 3. The summed E-state index contributed by atoms with van der Waals surface area (Å²) in [5.41, 5.74) is 16.6. The predicted molar refractivity (Wildman–Crippen MR) is 140 cm³/mol. The van der Waals surface area contributed by atoms with Gasteiger partial charge in [-0.25, -0.2) is 0 Å². The van der Waals surface area contributed by atoms with Crippen molar-refractivity contribution in [2.75, 3.05) is 26.7 Å². The van der Waals surface area contributed by atoms with E-state index in [2.05, 4.69) is 16.0 Å². The van der Waals surface area contributed by atoms with Gasteiger partial charge in [0.05, 0.1) is 12.1 Å². The Morgan fingerprint density at radius 1 is 0.656 bits per heavy atom. The molecule has 0 aliphatic heterocycles. The summed E-state index contributed by atoms with van der Waals surface area (Å²) in [7, 11) is 1.72. The van der Waals surface area contributed by atoms with E-state index >= 15 is 0 Å². The second-order valence-corrected chi connectivity index (χ2v) is 7.43. The molecule has 0 heterocycles. The van der Waals surface area contributed by atoms with Gasteiger partial charge >= 0.3 is 0 Å². The maximum atomic E-state index is 12.8. The van der Waals surface area contributed by atoms with E-state index in [1.807, 2.05) is 0 Å². The zero-order chi connectivity index (χ0) is 22.1. The Balaban J connectivity index is -0.00000131.